The predicted octanol–water partition coefficient (Wildman–Crippen LogP) is 2.26. The zero-order chi connectivity index (χ0) is 21.2. The van der Waals surface area contributed by atoms with Crippen molar-refractivity contribution < 1.29 is 27.8 Å². The average Bonchev–Trinajstić information content (AvgIpc) is 3.14. The number of hydrogen-bond donors (Lipinski definition) is 3. The van der Waals surface area contributed by atoms with E-state index in [1.807, 2.05) is 0 Å². The third kappa shape index (κ3) is 4.69. The summed E-state index contributed by atoms with van der Waals surface area (Å²) in [6, 6.07) is 9.53. The highest BCUT2D eigenvalue weighted by molar-refractivity contribution is 7.89. The van der Waals surface area contributed by atoms with Gasteiger partial charge in [0.2, 0.25) is 22.7 Å². The molecule has 9 heteroatoms. The number of fused-ring (bicyclic) bond motifs is 1. The average molecular weight is 420 g/mol. The highest BCUT2D eigenvalue weighted by atomic mass is 32.2. The minimum absolute atomic E-state index is 0.0773. The quantitative estimate of drug-likeness (QED) is 0.633. The van der Waals surface area contributed by atoms with Gasteiger partial charge in [0.15, 0.2) is 11.5 Å². The summed E-state index contributed by atoms with van der Waals surface area (Å²) in [5.41, 5.74) is 0.0466. The Morgan fingerprint density at radius 2 is 1.90 bits per heavy atom. The maximum Gasteiger partial charge on any atom is 0.240 e. The van der Waals surface area contributed by atoms with Crippen LogP contribution in [0.1, 0.15) is 31.4 Å². The first-order valence-electron chi connectivity index (χ1n) is 9.15. The van der Waals surface area contributed by atoms with Crippen molar-refractivity contribution in [2.75, 3.05) is 18.7 Å². The van der Waals surface area contributed by atoms with Gasteiger partial charge in [0.25, 0.3) is 0 Å². The molecule has 1 heterocycles. The molecule has 0 aromatic heterocycles. The molecule has 0 saturated heterocycles. The first-order valence-corrected chi connectivity index (χ1v) is 10.6. The lowest BCUT2D eigenvalue weighted by Gasteiger charge is -2.24. The van der Waals surface area contributed by atoms with E-state index in [0.29, 0.717) is 34.7 Å². The van der Waals surface area contributed by atoms with Crippen molar-refractivity contribution >= 4 is 21.6 Å². The summed E-state index contributed by atoms with van der Waals surface area (Å²) < 4.78 is 38.5. The number of nitrogens with one attached hydrogen (secondary N) is 2. The van der Waals surface area contributed by atoms with Crippen LogP contribution in [0, 0.1) is 6.92 Å². The Labute approximate surface area is 169 Å². The van der Waals surface area contributed by atoms with Crippen LogP contribution >= 0.6 is 0 Å². The van der Waals surface area contributed by atoms with E-state index in [9.17, 15) is 18.3 Å². The lowest BCUT2D eigenvalue weighted by Crippen LogP contribution is -2.38. The summed E-state index contributed by atoms with van der Waals surface area (Å²) in [5.74, 6) is 0.931. The fraction of sp³-hybridized carbons (Fsp3) is 0.350. The van der Waals surface area contributed by atoms with Crippen molar-refractivity contribution in [1.82, 2.24) is 4.72 Å². The van der Waals surface area contributed by atoms with Crippen molar-refractivity contribution in [3.8, 4) is 11.5 Å². The van der Waals surface area contributed by atoms with Crippen LogP contribution in [0.4, 0.5) is 5.69 Å². The van der Waals surface area contributed by atoms with E-state index in [4.69, 9.17) is 9.47 Å². The SMILES string of the molecule is CCC(=O)Nc1ccc(S(=O)(=O)NCC(C)(O)c2ccc3c(c2)OCO3)c(C)c1. The second-order valence-electron chi connectivity index (χ2n) is 7.05. The van der Waals surface area contributed by atoms with Gasteiger partial charge in [-0.3, -0.25) is 4.79 Å². The predicted molar refractivity (Wildman–Crippen MR) is 107 cm³/mol. The van der Waals surface area contributed by atoms with Gasteiger partial charge in [0.1, 0.15) is 5.60 Å². The molecule has 0 spiro atoms. The molecule has 3 rings (SSSR count). The number of sulfonamides is 1. The zero-order valence-electron chi connectivity index (χ0n) is 16.5. The number of aliphatic hydroxyl groups is 1. The monoisotopic (exact) mass is 420 g/mol. The maximum absolute atomic E-state index is 12.8. The van der Waals surface area contributed by atoms with E-state index in [1.54, 1.807) is 38.1 Å². The van der Waals surface area contributed by atoms with Crippen LogP contribution in [0.25, 0.3) is 0 Å². The van der Waals surface area contributed by atoms with Crippen molar-refractivity contribution in [2.24, 2.45) is 0 Å². The summed E-state index contributed by atoms with van der Waals surface area (Å²) in [6.45, 7) is 4.77. The highest BCUT2D eigenvalue weighted by Gasteiger charge is 2.29. The van der Waals surface area contributed by atoms with Gasteiger partial charge < -0.3 is 19.9 Å². The van der Waals surface area contributed by atoms with Crippen LogP contribution in [0.2, 0.25) is 0 Å². The molecule has 8 nitrogen and oxygen atoms in total. The lowest BCUT2D eigenvalue weighted by molar-refractivity contribution is -0.115. The standard InChI is InChI=1S/C20H24N2O6S/c1-4-19(23)22-15-6-8-18(13(2)9-15)29(25,26)21-11-20(3,24)14-5-7-16-17(10-14)28-12-27-16/h5-10,21,24H,4,11-12H2,1-3H3,(H,22,23). The summed E-state index contributed by atoms with van der Waals surface area (Å²) in [7, 11) is -3.87. The molecule has 3 N–H and O–H groups in total. The van der Waals surface area contributed by atoms with Gasteiger partial charge in [-0.15, -0.1) is 0 Å². The largest absolute Gasteiger partial charge is 0.454 e. The minimum Gasteiger partial charge on any atom is -0.454 e. The lowest BCUT2D eigenvalue weighted by atomic mass is 9.96. The number of rotatable bonds is 7. The summed E-state index contributed by atoms with van der Waals surface area (Å²) in [5, 5.41) is 13.5. The number of carbonyl (C=O) groups is 1. The summed E-state index contributed by atoms with van der Waals surface area (Å²) in [6.07, 6.45) is 0.329. The smallest absolute Gasteiger partial charge is 0.240 e. The van der Waals surface area contributed by atoms with Crippen molar-refractivity contribution in [2.45, 2.75) is 37.7 Å². The molecule has 2 aromatic rings. The molecule has 1 amide bonds. The van der Waals surface area contributed by atoms with Crippen molar-refractivity contribution in [3.63, 3.8) is 0 Å². The van der Waals surface area contributed by atoms with Gasteiger partial charge in [0.05, 0.1) is 4.90 Å². The third-order valence-corrected chi connectivity index (χ3v) is 6.23. The van der Waals surface area contributed by atoms with E-state index in [0.717, 1.165) is 0 Å². The molecular weight excluding hydrogens is 396 g/mol. The zero-order valence-corrected chi connectivity index (χ0v) is 17.3. The minimum atomic E-state index is -3.87. The molecular formula is C20H24N2O6S. The van der Waals surface area contributed by atoms with Crippen LogP contribution in [0.5, 0.6) is 11.5 Å². The van der Waals surface area contributed by atoms with E-state index in [2.05, 4.69) is 10.0 Å². The topological polar surface area (TPSA) is 114 Å². The summed E-state index contributed by atoms with van der Waals surface area (Å²) in [4.78, 5) is 11.6. The molecule has 2 aromatic carbocycles. The van der Waals surface area contributed by atoms with Crippen molar-refractivity contribution in [1.29, 1.82) is 0 Å². The van der Waals surface area contributed by atoms with Crippen LogP contribution < -0.4 is 19.5 Å². The molecule has 0 aliphatic carbocycles. The van der Waals surface area contributed by atoms with Gasteiger partial charge in [-0.1, -0.05) is 13.0 Å². The Hall–Kier alpha value is -2.62. The molecule has 0 saturated carbocycles. The highest BCUT2D eigenvalue weighted by Crippen LogP contribution is 2.35. The van der Waals surface area contributed by atoms with Gasteiger partial charge in [-0.05, 0) is 55.3 Å². The second kappa shape index (κ2) is 8.02. The van der Waals surface area contributed by atoms with Crippen LogP contribution in [-0.2, 0) is 20.4 Å². The molecule has 29 heavy (non-hydrogen) atoms. The second-order valence-corrected chi connectivity index (χ2v) is 8.78. The first-order chi connectivity index (χ1) is 13.6. The Bertz CT molecular complexity index is 1030. The van der Waals surface area contributed by atoms with Gasteiger partial charge >= 0.3 is 0 Å². The van der Waals surface area contributed by atoms with Gasteiger partial charge in [-0.25, -0.2) is 13.1 Å². The number of amides is 1. The maximum atomic E-state index is 12.8. The Morgan fingerprint density at radius 1 is 1.17 bits per heavy atom. The van der Waals surface area contributed by atoms with E-state index in [-0.39, 0.29) is 24.1 Å². The number of carbonyl (C=O) groups excluding carboxylic acids is 1. The fourth-order valence-electron chi connectivity index (χ4n) is 2.92. The van der Waals surface area contributed by atoms with E-state index >= 15 is 0 Å². The molecule has 0 fully saturated rings. The van der Waals surface area contributed by atoms with Crippen LogP contribution in [0.15, 0.2) is 41.3 Å². The van der Waals surface area contributed by atoms with E-state index < -0.39 is 15.6 Å². The Kier molecular flexibility index (Phi) is 5.83. The van der Waals surface area contributed by atoms with Crippen LogP contribution in [-0.4, -0.2) is 32.8 Å². The number of benzene rings is 2. The fourth-order valence-corrected chi connectivity index (χ4v) is 4.28. The number of hydrogen-bond acceptors (Lipinski definition) is 6. The van der Waals surface area contributed by atoms with Gasteiger partial charge in [0, 0.05) is 18.7 Å². The number of ether oxygens (including phenoxy) is 2. The molecule has 0 bridgehead atoms. The molecule has 1 unspecified atom stereocenters. The first kappa shape index (κ1) is 21.1. The van der Waals surface area contributed by atoms with Gasteiger partial charge in [-0.2, -0.15) is 0 Å². The molecule has 1 aliphatic heterocycles. The Balaban J connectivity index is 1.74. The summed E-state index contributed by atoms with van der Waals surface area (Å²) >= 11 is 0. The molecule has 156 valence electrons. The molecule has 1 aliphatic rings. The molecule has 1 atom stereocenters. The van der Waals surface area contributed by atoms with Crippen molar-refractivity contribution in [3.05, 3.63) is 47.5 Å². The Morgan fingerprint density at radius 3 is 2.59 bits per heavy atom. The van der Waals surface area contributed by atoms with Crippen LogP contribution in [0.3, 0.4) is 0 Å². The van der Waals surface area contributed by atoms with E-state index in [1.165, 1.54) is 19.1 Å². The number of anilines is 1. The normalized spacial score (nSPS) is 15.0. The number of aryl methyl sites for hydroxylation is 1. The third-order valence-electron chi connectivity index (χ3n) is 4.67. The molecule has 0 radical (unpaired) electrons.